The van der Waals surface area contributed by atoms with Crippen molar-refractivity contribution in [2.24, 2.45) is 5.16 Å². The van der Waals surface area contributed by atoms with Crippen molar-refractivity contribution >= 4 is 11.6 Å². The zero-order valence-corrected chi connectivity index (χ0v) is 18.6. The second kappa shape index (κ2) is 10.4. The van der Waals surface area contributed by atoms with Gasteiger partial charge in [-0.1, -0.05) is 17.3 Å². The number of benzene rings is 2. The highest BCUT2D eigenvalue weighted by Gasteiger charge is 2.21. The fraction of sp³-hybridized carbons (Fsp3) is 0.417. The van der Waals surface area contributed by atoms with Crippen LogP contribution in [-0.4, -0.2) is 75.0 Å². The third-order valence-corrected chi connectivity index (χ3v) is 5.64. The third-order valence-electron chi connectivity index (χ3n) is 5.64. The maximum atomic E-state index is 12.4. The van der Waals surface area contributed by atoms with Crippen molar-refractivity contribution in [3.63, 3.8) is 0 Å². The number of hydrogen-bond donors (Lipinski definition) is 0. The lowest BCUT2D eigenvalue weighted by atomic mass is 10.0. The predicted molar refractivity (Wildman–Crippen MR) is 120 cm³/mol. The van der Waals surface area contributed by atoms with Crippen LogP contribution >= 0.6 is 0 Å². The fourth-order valence-electron chi connectivity index (χ4n) is 3.64. The molecular weight excluding hydrogens is 410 g/mol. The summed E-state index contributed by atoms with van der Waals surface area (Å²) >= 11 is 0. The van der Waals surface area contributed by atoms with Gasteiger partial charge in [-0.2, -0.15) is 0 Å². The normalized spacial score (nSPS) is 17.4. The van der Waals surface area contributed by atoms with Gasteiger partial charge in [-0.3, -0.25) is 4.79 Å². The summed E-state index contributed by atoms with van der Waals surface area (Å²) in [4.78, 5) is 22.0. The maximum absolute atomic E-state index is 12.4. The van der Waals surface area contributed by atoms with E-state index in [4.69, 9.17) is 19.0 Å². The molecule has 0 spiro atoms. The Morgan fingerprint density at radius 1 is 1.06 bits per heavy atom. The van der Waals surface area contributed by atoms with Gasteiger partial charge in [-0.05, 0) is 36.9 Å². The molecule has 170 valence electrons. The van der Waals surface area contributed by atoms with Gasteiger partial charge >= 0.3 is 0 Å². The van der Waals surface area contributed by atoms with Crippen molar-refractivity contribution in [2.45, 2.75) is 13.0 Å². The van der Waals surface area contributed by atoms with Crippen molar-refractivity contribution in [3.05, 3.63) is 53.6 Å². The molecule has 4 rings (SSSR count). The van der Waals surface area contributed by atoms with Gasteiger partial charge in [0.1, 0.15) is 23.9 Å². The first-order valence-electron chi connectivity index (χ1n) is 10.8. The number of nitrogens with zero attached hydrogens (tertiary/aromatic N) is 3. The lowest BCUT2D eigenvalue weighted by molar-refractivity contribution is -0.134. The summed E-state index contributed by atoms with van der Waals surface area (Å²) in [7, 11) is 3.70. The molecule has 0 unspecified atom stereocenters. The van der Waals surface area contributed by atoms with E-state index in [9.17, 15) is 4.79 Å². The Morgan fingerprint density at radius 2 is 1.81 bits per heavy atom. The number of ether oxygens (including phenoxy) is 3. The fourth-order valence-corrected chi connectivity index (χ4v) is 3.64. The molecule has 0 N–H and O–H groups in total. The first-order valence-corrected chi connectivity index (χ1v) is 10.8. The van der Waals surface area contributed by atoms with Crippen molar-refractivity contribution in [1.29, 1.82) is 0 Å². The number of methoxy groups -OCH3 is 1. The summed E-state index contributed by atoms with van der Waals surface area (Å²) in [6.45, 7) is 4.17. The Hall–Kier alpha value is -3.26. The minimum atomic E-state index is 0.00548. The molecule has 2 aliphatic rings. The van der Waals surface area contributed by atoms with Gasteiger partial charge in [-0.25, -0.2) is 0 Å². The van der Waals surface area contributed by atoms with Crippen LogP contribution in [0.25, 0.3) is 0 Å². The number of rotatable bonds is 7. The minimum Gasteiger partial charge on any atom is -0.497 e. The summed E-state index contributed by atoms with van der Waals surface area (Å²) in [5, 5.41) is 4.33. The van der Waals surface area contributed by atoms with Gasteiger partial charge in [0.15, 0.2) is 6.61 Å². The van der Waals surface area contributed by atoms with Crippen molar-refractivity contribution in [1.82, 2.24) is 9.80 Å². The second-order valence-corrected chi connectivity index (χ2v) is 7.89. The van der Waals surface area contributed by atoms with Crippen LogP contribution in [0.2, 0.25) is 0 Å². The van der Waals surface area contributed by atoms with E-state index in [1.54, 1.807) is 7.11 Å². The van der Waals surface area contributed by atoms with Crippen LogP contribution in [0.4, 0.5) is 0 Å². The van der Waals surface area contributed by atoms with E-state index in [1.807, 2.05) is 47.4 Å². The zero-order chi connectivity index (χ0) is 22.3. The lowest BCUT2D eigenvalue weighted by Gasteiger charge is -2.32. The third kappa shape index (κ3) is 5.50. The zero-order valence-electron chi connectivity index (χ0n) is 18.6. The number of amides is 1. The number of fused-ring (bicyclic) bond motifs is 1. The lowest BCUT2D eigenvalue weighted by Crippen LogP contribution is -2.48. The molecular formula is C24H29N3O5. The largest absolute Gasteiger partial charge is 0.497 e. The molecule has 8 nitrogen and oxygen atoms in total. The second-order valence-electron chi connectivity index (χ2n) is 7.89. The molecule has 0 aromatic heterocycles. The SMILES string of the molecule is COc1ccc(CO/N=C2\CCOc3cc(OCC(=O)N4CCN(C)CC4)ccc32)cc1. The first kappa shape index (κ1) is 22.0. The minimum absolute atomic E-state index is 0.00548. The smallest absolute Gasteiger partial charge is 0.260 e. The highest BCUT2D eigenvalue weighted by molar-refractivity contribution is 6.03. The molecule has 0 bridgehead atoms. The van der Waals surface area contributed by atoms with Gasteiger partial charge in [0.2, 0.25) is 0 Å². The van der Waals surface area contributed by atoms with Crippen molar-refractivity contribution in [2.75, 3.05) is 53.6 Å². The molecule has 2 aromatic rings. The molecule has 0 aliphatic carbocycles. The number of piperazine rings is 1. The molecule has 2 heterocycles. The summed E-state index contributed by atoms with van der Waals surface area (Å²) < 4.78 is 16.7. The number of likely N-dealkylation sites (N-methyl/N-ethyl adjacent to an activating group) is 1. The van der Waals surface area contributed by atoms with Crippen molar-refractivity contribution < 1.29 is 23.8 Å². The van der Waals surface area contributed by atoms with E-state index in [2.05, 4.69) is 17.1 Å². The molecule has 8 heteroatoms. The standard InChI is InChI=1S/C24H29N3O5/c1-26-10-12-27(13-11-26)24(28)17-31-20-7-8-21-22(9-14-30-23(21)15-20)25-32-16-18-3-5-19(29-2)6-4-18/h3-8,15H,9-14,16-17H2,1-2H3/b25-22+. The van der Waals surface area contributed by atoms with Crippen LogP contribution in [0.5, 0.6) is 17.2 Å². The molecule has 2 aromatic carbocycles. The molecule has 2 aliphatic heterocycles. The van der Waals surface area contributed by atoms with E-state index in [0.717, 1.165) is 48.8 Å². The van der Waals surface area contributed by atoms with Crippen LogP contribution in [0.15, 0.2) is 47.6 Å². The molecule has 32 heavy (non-hydrogen) atoms. The molecule has 1 saturated heterocycles. The molecule has 1 amide bonds. The van der Waals surface area contributed by atoms with E-state index in [1.165, 1.54) is 0 Å². The van der Waals surface area contributed by atoms with E-state index in [-0.39, 0.29) is 12.5 Å². The summed E-state index contributed by atoms with van der Waals surface area (Å²) in [6.07, 6.45) is 0.664. The summed E-state index contributed by atoms with van der Waals surface area (Å²) in [6, 6.07) is 13.2. The van der Waals surface area contributed by atoms with Gasteiger partial charge in [0.05, 0.1) is 19.4 Å². The molecule has 0 saturated carbocycles. The van der Waals surface area contributed by atoms with Gasteiger partial charge < -0.3 is 28.8 Å². The van der Waals surface area contributed by atoms with E-state index < -0.39 is 0 Å². The van der Waals surface area contributed by atoms with Crippen LogP contribution in [0, 0.1) is 0 Å². The van der Waals surface area contributed by atoms with Gasteiger partial charge in [0.25, 0.3) is 5.91 Å². The average Bonchev–Trinajstić information content (AvgIpc) is 2.83. The quantitative estimate of drug-likeness (QED) is 0.618. The monoisotopic (exact) mass is 439 g/mol. The number of carbonyl (C=O) groups is 1. The Labute approximate surface area is 188 Å². The number of oxime groups is 1. The van der Waals surface area contributed by atoms with E-state index >= 15 is 0 Å². The van der Waals surface area contributed by atoms with Crippen LogP contribution in [-0.2, 0) is 16.2 Å². The van der Waals surface area contributed by atoms with Crippen molar-refractivity contribution in [3.8, 4) is 17.2 Å². The Kier molecular flexibility index (Phi) is 7.11. The first-order chi connectivity index (χ1) is 15.6. The molecule has 0 radical (unpaired) electrons. The highest BCUT2D eigenvalue weighted by Crippen LogP contribution is 2.30. The predicted octanol–water partition coefficient (Wildman–Crippen LogP) is 2.55. The van der Waals surface area contributed by atoms with Gasteiger partial charge in [-0.15, -0.1) is 0 Å². The Morgan fingerprint density at radius 3 is 2.56 bits per heavy atom. The summed E-state index contributed by atoms with van der Waals surface area (Å²) in [5.41, 5.74) is 2.72. The molecule has 0 atom stereocenters. The maximum Gasteiger partial charge on any atom is 0.260 e. The van der Waals surface area contributed by atoms with Crippen LogP contribution in [0.1, 0.15) is 17.5 Å². The molecule has 1 fully saturated rings. The topological polar surface area (TPSA) is 72.8 Å². The number of carbonyl (C=O) groups excluding carboxylic acids is 1. The Bertz CT molecular complexity index is 953. The van der Waals surface area contributed by atoms with E-state index in [0.29, 0.717) is 31.1 Å². The number of hydrogen-bond acceptors (Lipinski definition) is 7. The highest BCUT2D eigenvalue weighted by atomic mass is 16.6. The summed E-state index contributed by atoms with van der Waals surface area (Å²) in [5.74, 6) is 2.10. The van der Waals surface area contributed by atoms with Gasteiger partial charge in [0, 0.05) is 44.2 Å². The van der Waals surface area contributed by atoms with Crippen LogP contribution in [0.3, 0.4) is 0 Å². The van der Waals surface area contributed by atoms with Crippen LogP contribution < -0.4 is 14.2 Å². The Balaban J connectivity index is 1.33. The average molecular weight is 440 g/mol.